The van der Waals surface area contributed by atoms with Crippen LogP contribution in [0.2, 0.25) is 0 Å². The highest BCUT2D eigenvalue weighted by atomic mass is 32.2. The number of hydrogen-bond acceptors (Lipinski definition) is 8. The van der Waals surface area contributed by atoms with Crippen molar-refractivity contribution >= 4 is 50.2 Å². The molecule has 2 N–H and O–H groups in total. The second-order valence-electron chi connectivity index (χ2n) is 8.23. The molecule has 0 aliphatic rings. The number of aromatic nitrogens is 4. The van der Waals surface area contributed by atoms with E-state index < -0.39 is 9.84 Å². The van der Waals surface area contributed by atoms with Gasteiger partial charge in [-0.3, -0.25) is 14.7 Å². The Morgan fingerprint density at radius 2 is 1.89 bits per heavy atom. The molecule has 182 valence electrons. The summed E-state index contributed by atoms with van der Waals surface area (Å²) in [5.74, 6) is 1.35. The number of sulfone groups is 1. The van der Waals surface area contributed by atoms with Crippen molar-refractivity contribution < 1.29 is 13.2 Å². The lowest BCUT2D eigenvalue weighted by molar-refractivity contribution is -0.115. The summed E-state index contributed by atoms with van der Waals surface area (Å²) in [6, 6.07) is 16.6. The predicted molar refractivity (Wildman–Crippen MR) is 137 cm³/mol. The number of nitrogens with zero attached hydrogens (tertiary/aromatic N) is 5. The summed E-state index contributed by atoms with van der Waals surface area (Å²) in [5, 5.41) is 6.01. The third-order valence-corrected chi connectivity index (χ3v) is 6.08. The van der Waals surface area contributed by atoms with Gasteiger partial charge in [-0.1, -0.05) is 31.2 Å². The van der Waals surface area contributed by atoms with E-state index in [0.717, 1.165) is 11.0 Å². The minimum atomic E-state index is -3.14. The summed E-state index contributed by atoms with van der Waals surface area (Å²) in [6.45, 7) is 2.18. The molecule has 35 heavy (non-hydrogen) atoms. The molecule has 4 rings (SSSR count). The molecule has 0 unspecified atom stereocenters. The van der Waals surface area contributed by atoms with E-state index in [9.17, 15) is 13.2 Å². The Hall–Kier alpha value is -3.99. The average Bonchev–Trinajstić information content (AvgIpc) is 3.15. The van der Waals surface area contributed by atoms with Crippen molar-refractivity contribution in [2.24, 2.45) is 0 Å². The van der Waals surface area contributed by atoms with E-state index in [1.165, 1.54) is 6.26 Å². The van der Waals surface area contributed by atoms with Gasteiger partial charge in [0, 0.05) is 31.6 Å². The van der Waals surface area contributed by atoms with Crippen molar-refractivity contribution in [2.75, 3.05) is 28.8 Å². The molecule has 2 aromatic heterocycles. The van der Waals surface area contributed by atoms with Crippen molar-refractivity contribution in [3.8, 4) is 0 Å². The van der Waals surface area contributed by atoms with Crippen molar-refractivity contribution in [1.82, 2.24) is 19.5 Å². The molecule has 0 saturated heterocycles. The van der Waals surface area contributed by atoms with Gasteiger partial charge in [-0.2, -0.15) is 4.98 Å². The Morgan fingerprint density at radius 1 is 1.09 bits per heavy atom. The lowest BCUT2D eigenvalue weighted by Gasteiger charge is -2.21. The molecule has 0 spiro atoms. The largest absolute Gasteiger partial charge is 0.341 e. The number of carbonyl (C=O) groups is 1. The van der Waals surface area contributed by atoms with Crippen LogP contribution in [0.15, 0.2) is 60.8 Å². The Labute approximate surface area is 204 Å². The molecule has 0 radical (unpaired) electrons. The number of rotatable bonds is 9. The fourth-order valence-corrected chi connectivity index (χ4v) is 4.39. The standard InChI is InChI=1S/C24H27N7O3S/c1-4-22(32)29-24-27-19-10-5-6-11-20(19)31(24)16-30(2)21-12-13-25-23(28-21)26-18-9-7-8-17(14-18)15-35(3,33)34/h5-14H,4,15-16H2,1-3H3,(H,25,26,28)(H,27,29,32). The molecule has 0 bridgehead atoms. The fraction of sp³-hybridized carbons (Fsp3) is 0.250. The smallest absolute Gasteiger partial charge is 0.229 e. The number of hydrogen-bond donors (Lipinski definition) is 2. The van der Waals surface area contributed by atoms with E-state index >= 15 is 0 Å². The molecule has 2 aromatic carbocycles. The lowest BCUT2D eigenvalue weighted by Crippen LogP contribution is -2.24. The average molecular weight is 494 g/mol. The SMILES string of the molecule is CCC(=O)Nc1nc2ccccc2n1CN(C)c1ccnc(Nc2cccc(CS(C)(=O)=O)c2)n1. The van der Waals surface area contributed by atoms with Crippen LogP contribution in [0, 0.1) is 0 Å². The van der Waals surface area contributed by atoms with Crippen molar-refractivity contribution in [2.45, 2.75) is 25.8 Å². The normalized spacial score (nSPS) is 11.4. The van der Waals surface area contributed by atoms with E-state index in [0.29, 0.717) is 42.1 Å². The Balaban J connectivity index is 1.56. The molecule has 0 fully saturated rings. The van der Waals surface area contributed by atoms with Gasteiger partial charge < -0.3 is 10.2 Å². The Bertz CT molecular complexity index is 1470. The molecule has 1 amide bonds. The molecule has 4 aromatic rings. The number of benzene rings is 2. The predicted octanol–water partition coefficient (Wildman–Crippen LogP) is 3.56. The first-order valence-electron chi connectivity index (χ1n) is 11.0. The summed E-state index contributed by atoms with van der Waals surface area (Å²) in [4.78, 5) is 27.4. The van der Waals surface area contributed by atoms with Crippen LogP contribution in [0.25, 0.3) is 11.0 Å². The highest BCUT2D eigenvalue weighted by Gasteiger charge is 2.15. The number of amides is 1. The summed E-state index contributed by atoms with van der Waals surface area (Å²) in [7, 11) is -1.25. The lowest BCUT2D eigenvalue weighted by atomic mass is 10.2. The molecule has 11 heteroatoms. The zero-order chi connectivity index (χ0) is 25.0. The van der Waals surface area contributed by atoms with Gasteiger partial charge in [0.05, 0.1) is 23.5 Å². The minimum absolute atomic E-state index is 0.0398. The maximum Gasteiger partial charge on any atom is 0.229 e. The first-order chi connectivity index (χ1) is 16.7. The van der Waals surface area contributed by atoms with Crippen LogP contribution in [-0.2, 0) is 27.1 Å². The van der Waals surface area contributed by atoms with E-state index in [1.807, 2.05) is 46.8 Å². The maximum absolute atomic E-state index is 12.0. The van der Waals surface area contributed by atoms with Crippen molar-refractivity contribution in [1.29, 1.82) is 0 Å². The van der Waals surface area contributed by atoms with E-state index in [-0.39, 0.29) is 11.7 Å². The van der Waals surface area contributed by atoms with Crippen LogP contribution in [0.3, 0.4) is 0 Å². The monoisotopic (exact) mass is 493 g/mol. The molecule has 2 heterocycles. The van der Waals surface area contributed by atoms with E-state index in [1.54, 1.807) is 37.4 Å². The second-order valence-corrected chi connectivity index (χ2v) is 10.4. The summed E-state index contributed by atoms with van der Waals surface area (Å²) in [6.07, 6.45) is 3.21. The molecule has 0 aliphatic heterocycles. The summed E-state index contributed by atoms with van der Waals surface area (Å²) < 4.78 is 25.2. The Morgan fingerprint density at radius 3 is 2.66 bits per heavy atom. The fourth-order valence-electron chi connectivity index (χ4n) is 3.60. The van der Waals surface area contributed by atoms with E-state index in [4.69, 9.17) is 0 Å². The number of anilines is 4. The Kier molecular flexibility index (Phi) is 6.97. The van der Waals surface area contributed by atoms with Crippen LogP contribution in [0.5, 0.6) is 0 Å². The maximum atomic E-state index is 12.0. The van der Waals surface area contributed by atoms with Crippen LogP contribution >= 0.6 is 0 Å². The molecular formula is C24H27N7O3S. The topological polar surface area (TPSA) is 122 Å². The number of para-hydroxylation sites is 2. The summed E-state index contributed by atoms with van der Waals surface area (Å²) in [5.41, 5.74) is 3.04. The van der Waals surface area contributed by atoms with Crippen LogP contribution < -0.4 is 15.5 Å². The molecule has 0 saturated carbocycles. The van der Waals surface area contributed by atoms with Gasteiger partial charge in [-0.15, -0.1) is 0 Å². The van der Waals surface area contributed by atoms with E-state index in [2.05, 4.69) is 25.6 Å². The van der Waals surface area contributed by atoms with Gasteiger partial charge >= 0.3 is 0 Å². The number of imidazole rings is 1. The zero-order valence-corrected chi connectivity index (χ0v) is 20.6. The first kappa shape index (κ1) is 24.1. The molecule has 0 atom stereocenters. The van der Waals surface area contributed by atoms with Gasteiger partial charge in [0.1, 0.15) is 5.82 Å². The van der Waals surface area contributed by atoms with Gasteiger partial charge in [-0.05, 0) is 35.9 Å². The highest BCUT2D eigenvalue weighted by Crippen LogP contribution is 2.23. The second kappa shape index (κ2) is 10.1. The third-order valence-electron chi connectivity index (χ3n) is 5.22. The molecule has 0 aliphatic carbocycles. The quantitative estimate of drug-likeness (QED) is 0.363. The van der Waals surface area contributed by atoms with Gasteiger partial charge in [-0.25, -0.2) is 18.4 Å². The van der Waals surface area contributed by atoms with Gasteiger partial charge in [0.25, 0.3) is 0 Å². The van der Waals surface area contributed by atoms with Gasteiger partial charge in [0.2, 0.25) is 17.8 Å². The summed E-state index contributed by atoms with van der Waals surface area (Å²) >= 11 is 0. The van der Waals surface area contributed by atoms with Crippen LogP contribution in [0.4, 0.5) is 23.4 Å². The van der Waals surface area contributed by atoms with Crippen molar-refractivity contribution in [3.63, 3.8) is 0 Å². The number of fused-ring (bicyclic) bond motifs is 1. The van der Waals surface area contributed by atoms with Crippen LogP contribution in [-0.4, -0.2) is 47.1 Å². The zero-order valence-electron chi connectivity index (χ0n) is 19.8. The molecule has 10 nitrogen and oxygen atoms in total. The highest BCUT2D eigenvalue weighted by molar-refractivity contribution is 7.89. The van der Waals surface area contributed by atoms with Crippen molar-refractivity contribution in [3.05, 3.63) is 66.4 Å². The van der Waals surface area contributed by atoms with Crippen LogP contribution in [0.1, 0.15) is 18.9 Å². The number of carbonyl (C=O) groups excluding carboxylic acids is 1. The van der Waals surface area contributed by atoms with Gasteiger partial charge in [0.15, 0.2) is 9.84 Å². The molecular weight excluding hydrogens is 466 g/mol. The third kappa shape index (κ3) is 6.12. The first-order valence-corrected chi connectivity index (χ1v) is 13.1. The minimum Gasteiger partial charge on any atom is -0.341 e. The number of nitrogens with one attached hydrogen (secondary N) is 2.